The molecule has 0 bridgehead atoms. The van der Waals surface area contributed by atoms with Crippen molar-refractivity contribution in [1.29, 1.82) is 0 Å². The van der Waals surface area contributed by atoms with Crippen LogP contribution in [0.3, 0.4) is 0 Å². The summed E-state index contributed by atoms with van der Waals surface area (Å²) in [6.45, 7) is 0. The lowest BCUT2D eigenvalue weighted by Gasteiger charge is -2.05. The van der Waals surface area contributed by atoms with Crippen LogP contribution in [0, 0.1) is 0 Å². The molecule has 0 saturated heterocycles. The Balaban J connectivity index is 2.47. The lowest BCUT2D eigenvalue weighted by Crippen LogP contribution is -2.01. The molecule has 0 spiro atoms. The Labute approximate surface area is 133 Å². The van der Waals surface area contributed by atoms with E-state index in [1.54, 1.807) is 24.3 Å². The number of carboxylic acids is 1. The van der Waals surface area contributed by atoms with Crippen molar-refractivity contribution < 1.29 is 18.3 Å². The molecule has 0 heterocycles. The van der Waals surface area contributed by atoms with Crippen LogP contribution in [0.5, 0.6) is 0 Å². The van der Waals surface area contributed by atoms with Gasteiger partial charge in [-0.15, -0.1) is 0 Å². The Morgan fingerprint density at radius 2 is 1.77 bits per heavy atom. The van der Waals surface area contributed by atoms with E-state index in [-0.39, 0.29) is 10.5 Å². The van der Waals surface area contributed by atoms with E-state index in [1.165, 1.54) is 30.3 Å². The molecule has 1 N–H and O–H groups in total. The zero-order valence-corrected chi connectivity index (χ0v) is 13.2. The van der Waals surface area contributed by atoms with E-state index in [2.05, 4.69) is 0 Å². The van der Waals surface area contributed by atoms with Crippen molar-refractivity contribution in [2.75, 3.05) is 6.26 Å². The van der Waals surface area contributed by atoms with E-state index in [0.29, 0.717) is 16.1 Å². The van der Waals surface area contributed by atoms with Crippen molar-refractivity contribution >= 4 is 39.1 Å². The molecule has 0 unspecified atom stereocenters. The molecule has 0 aliphatic rings. The van der Waals surface area contributed by atoms with Crippen LogP contribution >= 0.6 is 11.6 Å². The minimum absolute atomic E-state index is 0.0577. The highest BCUT2D eigenvalue weighted by molar-refractivity contribution is 7.90. The normalized spacial score (nSPS) is 12.2. The average molecular weight is 337 g/mol. The van der Waals surface area contributed by atoms with Gasteiger partial charge >= 0.3 is 5.97 Å². The van der Waals surface area contributed by atoms with Gasteiger partial charge in [0.1, 0.15) is 0 Å². The fourth-order valence-corrected chi connectivity index (χ4v) is 2.74. The summed E-state index contributed by atoms with van der Waals surface area (Å²) in [6.07, 6.45) is 2.59. The smallest absolute Gasteiger partial charge is 0.336 e. The van der Waals surface area contributed by atoms with Gasteiger partial charge in [0.2, 0.25) is 0 Å². The average Bonchev–Trinajstić information content (AvgIpc) is 2.44. The summed E-state index contributed by atoms with van der Waals surface area (Å²) in [5, 5.41) is 9.87. The van der Waals surface area contributed by atoms with Crippen LogP contribution in [-0.2, 0) is 14.6 Å². The van der Waals surface area contributed by atoms with Crippen LogP contribution in [0.15, 0.2) is 53.4 Å². The van der Waals surface area contributed by atoms with Gasteiger partial charge in [0.15, 0.2) is 9.84 Å². The highest BCUT2D eigenvalue weighted by Crippen LogP contribution is 2.22. The van der Waals surface area contributed by atoms with Gasteiger partial charge in [0, 0.05) is 11.3 Å². The first-order chi connectivity index (χ1) is 10.3. The Hall–Kier alpha value is -2.11. The number of carbonyl (C=O) groups is 1. The molecule has 0 aliphatic carbocycles. The molecule has 0 aromatic heterocycles. The maximum Gasteiger partial charge on any atom is 0.336 e. The van der Waals surface area contributed by atoms with Gasteiger partial charge in [0.25, 0.3) is 0 Å². The van der Waals surface area contributed by atoms with Gasteiger partial charge in [-0.05, 0) is 41.5 Å². The predicted octanol–water partition coefficient (Wildman–Crippen LogP) is 3.37. The minimum Gasteiger partial charge on any atom is -0.478 e. The van der Waals surface area contributed by atoms with E-state index < -0.39 is 15.8 Å². The van der Waals surface area contributed by atoms with Gasteiger partial charge in [-0.1, -0.05) is 35.9 Å². The molecule has 0 atom stereocenters. The van der Waals surface area contributed by atoms with E-state index in [4.69, 9.17) is 11.6 Å². The highest BCUT2D eigenvalue weighted by Gasteiger charge is 2.13. The third-order valence-corrected chi connectivity index (χ3v) is 4.35. The Morgan fingerprint density at radius 1 is 1.14 bits per heavy atom. The van der Waals surface area contributed by atoms with Crippen molar-refractivity contribution in [3.8, 4) is 0 Å². The number of sulfone groups is 1. The molecule has 0 amide bonds. The number of rotatable bonds is 4. The maximum atomic E-state index is 11.5. The van der Waals surface area contributed by atoms with Crippen molar-refractivity contribution in [1.82, 2.24) is 0 Å². The van der Waals surface area contributed by atoms with Crippen molar-refractivity contribution in [2.24, 2.45) is 0 Å². The summed E-state index contributed by atoms with van der Waals surface area (Å²) in [7, 11) is -3.31. The fourth-order valence-electron chi connectivity index (χ4n) is 1.91. The van der Waals surface area contributed by atoms with Crippen molar-refractivity contribution in [2.45, 2.75) is 4.90 Å². The SMILES string of the molecule is CS(=O)(=O)c1ccc(/C(=C\c2cccc(Cl)c2)C(=O)O)cc1. The number of aliphatic carboxylic acids is 1. The van der Waals surface area contributed by atoms with Gasteiger partial charge in [0.05, 0.1) is 10.5 Å². The second-order valence-electron chi connectivity index (χ2n) is 4.71. The largest absolute Gasteiger partial charge is 0.478 e. The standard InChI is InChI=1S/C16H13ClO4S/c1-22(20,21)14-7-5-12(6-8-14)15(16(18)19)10-11-3-2-4-13(17)9-11/h2-10H,1H3,(H,18,19)/b15-10+. The number of carboxylic acid groups (broad SMARTS) is 1. The zero-order valence-electron chi connectivity index (χ0n) is 11.7. The Morgan fingerprint density at radius 3 is 2.27 bits per heavy atom. The molecule has 22 heavy (non-hydrogen) atoms. The second-order valence-corrected chi connectivity index (χ2v) is 7.17. The van der Waals surface area contributed by atoms with E-state index in [0.717, 1.165) is 6.26 Å². The number of halogens is 1. The van der Waals surface area contributed by atoms with Gasteiger partial charge in [-0.2, -0.15) is 0 Å². The summed E-state index contributed by atoms with van der Waals surface area (Å²) in [5.41, 5.74) is 1.12. The van der Waals surface area contributed by atoms with E-state index in [9.17, 15) is 18.3 Å². The monoisotopic (exact) mass is 336 g/mol. The first-order valence-electron chi connectivity index (χ1n) is 6.28. The lowest BCUT2D eigenvalue weighted by molar-refractivity contribution is -0.130. The summed E-state index contributed by atoms with van der Waals surface area (Å²) >= 11 is 5.88. The van der Waals surface area contributed by atoms with Crippen LogP contribution in [0.1, 0.15) is 11.1 Å². The molecular weight excluding hydrogens is 324 g/mol. The second kappa shape index (κ2) is 6.34. The predicted molar refractivity (Wildman–Crippen MR) is 86.5 cm³/mol. The fraction of sp³-hybridized carbons (Fsp3) is 0.0625. The quantitative estimate of drug-likeness (QED) is 0.686. The topological polar surface area (TPSA) is 71.4 Å². The highest BCUT2D eigenvalue weighted by atomic mass is 35.5. The Kier molecular flexibility index (Phi) is 4.68. The van der Waals surface area contributed by atoms with Crippen LogP contribution in [0.25, 0.3) is 11.6 Å². The molecule has 0 saturated carbocycles. The molecule has 114 valence electrons. The lowest BCUT2D eigenvalue weighted by atomic mass is 10.0. The minimum atomic E-state index is -3.31. The van der Waals surface area contributed by atoms with E-state index >= 15 is 0 Å². The van der Waals surface area contributed by atoms with Crippen molar-refractivity contribution in [3.05, 3.63) is 64.7 Å². The molecular formula is C16H13ClO4S. The van der Waals surface area contributed by atoms with Gasteiger partial charge in [-0.3, -0.25) is 0 Å². The molecule has 2 aromatic carbocycles. The molecule has 4 nitrogen and oxygen atoms in total. The summed E-state index contributed by atoms with van der Waals surface area (Å²) in [6, 6.07) is 12.5. The summed E-state index contributed by atoms with van der Waals surface area (Å²) in [4.78, 5) is 11.6. The van der Waals surface area contributed by atoms with Crippen LogP contribution in [0.2, 0.25) is 5.02 Å². The number of benzene rings is 2. The van der Waals surface area contributed by atoms with Crippen LogP contribution in [0.4, 0.5) is 0 Å². The Bertz CT molecular complexity index is 837. The number of hydrogen-bond donors (Lipinski definition) is 1. The first-order valence-corrected chi connectivity index (χ1v) is 8.55. The zero-order chi connectivity index (χ0) is 16.3. The van der Waals surface area contributed by atoms with Gasteiger partial charge < -0.3 is 5.11 Å². The molecule has 0 aliphatic heterocycles. The molecule has 6 heteroatoms. The van der Waals surface area contributed by atoms with Crippen molar-refractivity contribution in [3.63, 3.8) is 0 Å². The molecule has 2 aromatic rings. The summed E-state index contributed by atoms with van der Waals surface area (Å²) in [5.74, 6) is -1.10. The van der Waals surface area contributed by atoms with E-state index in [1.807, 2.05) is 0 Å². The van der Waals surface area contributed by atoms with Gasteiger partial charge in [-0.25, -0.2) is 13.2 Å². The first kappa shape index (κ1) is 16.3. The maximum absolute atomic E-state index is 11.5. The third kappa shape index (κ3) is 3.96. The van der Waals surface area contributed by atoms with Crippen LogP contribution in [-0.4, -0.2) is 25.7 Å². The molecule has 0 radical (unpaired) electrons. The molecule has 0 fully saturated rings. The third-order valence-electron chi connectivity index (χ3n) is 2.98. The van der Waals surface area contributed by atoms with Crippen LogP contribution < -0.4 is 0 Å². The summed E-state index contributed by atoms with van der Waals surface area (Å²) < 4.78 is 22.9. The molecule has 2 rings (SSSR count). The number of hydrogen-bond acceptors (Lipinski definition) is 3.